The Balaban J connectivity index is 1.16. The lowest BCUT2D eigenvalue weighted by Crippen LogP contribution is -2.45. The number of piperidine rings is 1. The predicted molar refractivity (Wildman–Crippen MR) is 123 cm³/mol. The second kappa shape index (κ2) is 11.4. The maximum Gasteiger partial charge on any atom is 0.153 e. The maximum atomic E-state index is 10.4. The summed E-state index contributed by atoms with van der Waals surface area (Å²) in [6, 6.07) is 16.2. The second-order valence-corrected chi connectivity index (χ2v) is 8.62. The molecule has 0 bridgehead atoms. The molecule has 4 rings (SSSR count). The summed E-state index contributed by atoms with van der Waals surface area (Å²) in [6.45, 7) is 3.77. The van der Waals surface area contributed by atoms with Crippen LogP contribution in [-0.4, -0.2) is 69.0 Å². The Hall–Kier alpha value is -2.52. The van der Waals surface area contributed by atoms with Crippen molar-refractivity contribution in [1.82, 2.24) is 30.8 Å². The Labute approximate surface area is 192 Å². The molecule has 9 heteroatoms. The van der Waals surface area contributed by atoms with Gasteiger partial charge in [0.2, 0.25) is 0 Å². The van der Waals surface area contributed by atoms with Gasteiger partial charge in [0.05, 0.1) is 0 Å². The van der Waals surface area contributed by atoms with E-state index in [0.717, 1.165) is 48.8 Å². The van der Waals surface area contributed by atoms with Gasteiger partial charge in [-0.1, -0.05) is 41.9 Å². The maximum absolute atomic E-state index is 10.4. The van der Waals surface area contributed by atoms with Gasteiger partial charge >= 0.3 is 0 Å². The first-order valence-corrected chi connectivity index (χ1v) is 11.3. The smallest absolute Gasteiger partial charge is 0.153 e. The molecule has 2 aromatic carbocycles. The molecule has 1 atom stereocenters. The lowest BCUT2D eigenvalue weighted by atomic mass is 10.0. The van der Waals surface area contributed by atoms with Crippen molar-refractivity contribution in [3.8, 4) is 5.75 Å². The molecule has 0 unspecified atom stereocenters. The molecule has 1 aliphatic rings. The van der Waals surface area contributed by atoms with E-state index >= 15 is 0 Å². The zero-order valence-electron chi connectivity index (χ0n) is 18.0. The third kappa shape index (κ3) is 6.74. The molecular formula is C23H29ClN6O2. The minimum atomic E-state index is -0.581. The number of nitrogens with one attached hydrogen (secondary N) is 2. The van der Waals surface area contributed by atoms with Crippen molar-refractivity contribution in [2.24, 2.45) is 0 Å². The second-order valence-electron chi connectivity index (χ2n) is 8.18. The highest BCUT2D eigenvalue weighted by molar-refractivity contribution is 6.30. The van der Waals surface area contributed by atoms with Gasteiger partial charge in [-0.2, -0.15) is 0 Å². The summed E-state index contributed by atoms with van der Waals surface area (Å²) in [6.07, 6.45) is 2.10. The highest BCUT2D eigenvalue weighted by Gasteiger charge is 2.20. The minimum absolute atomic E-state index is 0.230. The van der Waals surface area contributed by atoms with E-state index in [-0.39, 0.29) is 6.61 Å². The topological polar surface area (TPSA) is 99.2 Å². The van der Waals surface area contributed by atoms with Crippen LogP contribution < -0.4 is 10.1 Å². The number of benzene rings is 2. The van der Waals surface area contributed by atoms with Crippen LogP contribution in [0, 0.1) is 0 Å². The van der Waals surface area contributed by atoms with Crippen LogP contribution in [0.25, 0.3) is 0 Å². The number of hydrogen-bond donors (Lipinski definition) is 3. The van der Waals surface area contributed by atoms with Crippen LogP contribution in [0.3, 0.4) is 0 Å². The van der Waals surface area contributed by atoms with Crippen LogP contribution in [0.4, 0.5) is 0 Å². The molecule has 1 aromatic heterocycles. The molecule has 32 heavy (non-hydrogen) atoms. The number of aromatic amines is 1. The van der Waals surface area contributed by atoms with Crippen molar-refractivity contribution in [1.29, 1.82) is 0 Å². The zero-order chi connectivity index (χ0) is 22.2. The normalized spacial score (nSPS) is 16.2. The fourth-order valence-corrected chi connectivity index (χ4v) is 4.04. The molecule has 1 aliphatic heterocycles. The number of likely N-dealkylation sites (tertiary alicyclic amines) is 1. The van der Waals surface area contributed by atoms with Crippen LogP contribution in [-0.2, 0) is 13.0 Å². The highest BCUT2D eigenvalue weighted by atomic mass is 35.5. The number of halogens is 1. The SMILES string of the molecule is O[C@@H](CNC1CCN(Cc2ccc(Cl)cc2)CC1)COc1ccccc1Cc1nnn[nH]1. The van der Waals surface area contributed by atoms with Crippen LogP contribution in [0.1, 0.15) is 29.8 Å². The summed E-state index contributed by atoms with van der Waals surface area (Å²) >= 11 is 5.97. The summed E-state index contributed by atoms with van der Waals surface area (Å²) in [5, 5.41) is 28.6. The van der Waals surface area contributed by atoms with Crippen LogP contribution in [0.15, 0.2) is 48.5 Å². The summed E-state index contributed by atoms with van der Waals surface area (Å²) < 4.78 is 5.89. The number of ether oxygens (including phenoxy) is 1. The van der Waals surface area contributed by atoms with Gasteiger partial charge in [0.1, 0.15) is 18.5 Å². The molecule has 0 amide bonds. The van der Waals surface area contributed by atoms with Gasteiger partial charge in [-0.3, -0.25) is 4.90 Å². The molecule has 0 spiro atoms. The third-order valence-electron chi connectivity index (χ3n) is 5.70. The summed E-state index contributed by atoms with van der Waals surface area (Å²) in [5.41, 5.74) is 2.26. The lowest BCUT2D eigenvalue weighted by molar-refractivity contribution is 0.0975. The number of tetrazole rings is 1. The van der Waals surface area contributed by atoms with E-state index in [2.05, 4.69) is 43.0 Å². The third-order valence-corrected chi connectivity index (χ3v) is 5.95. The van der Waals surface area contributed by atoms with Crippen molar-refractivity contribution < 1.29 is 9.84 Å². The summed E-state index contributed by atoms with van der Waals surface area (Å²) in [7, 11) is 0. The van der Waals surface area contributed by atoms with Gasteiger partial charge in [-0.15, -0.1) is 5.10 Å². The number of H-pyrrole nitrogens is 1. The number of nitrogens with zero attached hydrogens (tertiary/aromatic N) is 4. The fraction of sp³-hybridized carbons (Fsp3) is 0.435. The molecule has 2 heterocycles. The molecule has 1 saturated heterocycles. The Bertz CT molecular complexity index is 945. The molecule has 3 aromatic rings. The molecule has 170 valence electrons. The van der Waals surface area contributed by atoms with Gasteiger partial charge in [-0.25, -0.2) is 5.10 Å². The van der Waals surface area contributed by atoms with Crippen LogP contribution in [0.2, 0.25) is 5.02 Å². The van der Waals surface area contributed by atoms with Crippen LogP contribution >= 0.6 is 11.6 Å². The monoisotopic (exact) mass is 456 g/mol. The average Bonchev–Trinajstić information content (AvgIpc) is 3.33. The number of hydrogen-bond acceptors (Lipinski definition) is 7. The summed E-state index contributed by atoms with van der Waals surface area (Å²) in [4.78, 5) is 2.46. The molecule has 8 nitrogen and oxygen atoms in total. The van der Waals surface area contributed by atoms with E-state index in [9.17, 15) is 5.11 Å². The lowest BCUT2D eigenvalue weighted by Gasteiger charge is -2.33. The van der Waals surface area contributed by atoms with Gasteiger partial charge in [0.15, 0.2) is 5.82 Å². The Morgan fingerprint density at radius 2 is 1.94 bits per heavy atom. The molecular weight excluding hydrogens is 428 g/mol. The Morgan fingerprint density at radius 1 is 1.16 bits per heavy atom. The molecule has 1 fully saturated rings. The Morgan fingerprint density at radius 3 is 2.69 bits per heavy atom. The van der Waals surface area contributed by atoms with Gasteiger partial charge in [-0.05, 0) is 60.1 Å². The average molecular weight is 457 g/mol. The van der Waals surface area contributed by atoms with Crippen molar-refractivity contribution in [3.05, 3.63) is 70.5 Å². The number of rotatable bonds is 10. The van der Waals surface area contributed by atoms with Gasteiger partial charge < -0.3 is 15.2 Å². The Kier molecular flexibility index (Phi) is 8.06. The van der Waals surface area contributed by atoms with E-state index in [1.54, 1.807) is 0 Å². The van der Waals surface area contributed by atoms with E-state index < -0.39 is 6.10 Å². The standard InChI is InChI=1S/C23H29ClN6O2/c24-19-7-5-17(6-8-19)15-30-11-9-20(10-12-30)25-14-21(31)16-32-22-4-2-1-3-18(22)13-23-26-28-29-27-23/h1-8,20-21,25,31H,9-16H2,(H,26,27,28,29)/t21-/m0/s1. The summed E-state index contributed by atoms with van der Waals surface area (Å²) in [5.74, 6) is 1.41. The predicted octanol–water partition coefficient (Wildman–Crippen LogP) is 2.44. The van der Waals surface area contributed by atoms with E-state index in [4.69, 9.17) is 16.3 Å². The number of aromatic nitrogens is 4. The van der Waals surface area contributed by atoms with Crippen molar-refractivity contribution >= 4 is 11.6 Å². The largest absolute Gasteiger partial charge is 0.491 e. The molecule has 3 N–H and O–H groups in total. The van der Waals surface area contributed by atoms with Crippen molar-refractivity contribution in [2.45, 2.75) is 38.0 Å². The van der Waals surface area contributed by atoms with E-state index in [0.29, 0.717) is 24.8 Å². The molecule has 0 saturated carbocycles. The molecule has 0 radical (unpaired) electrons. The first kappa shape index (κ1) is 22.7. The van der Waals surface area contributed by atoms with E-state index in [1.807, 2.05) is 36.4 Å². The van der Waals surface area contributed by atoms with Gasteiger partial charge in [0, 0.05) is 36.1 Å². The van der Waals surface area contributed by atoms with E-state index in [1.165, 1.54) is 5.56 Å². The highest BCUT2D eigenvalue weighted by Crippen LogP contribution is 2.20. The minimum Gasteiger partial charge on any atom is -0.491 e. The molecule has 0 aliphatic carbocycles. The number of para-hydroxylation sites is 1. The number of aliphatic hydroxyl groups is 1. The fourth-order valence-electron chi connectivity index (χ4n) is 3.92. The van der Waals surface area contributed by atoms with Crippen LogP contribution in [0.5, 0.6) is 5.75 Å². The zero-order valence-corrected chi connectivity index (χ0v) is 18.7. The van der Waals surface area contributed by atoms with Crippen molar-refractivity contribution in [2.75, 3.05) is 26.2 Å². The van der Waals surface area contributed by atoms with Crippen molar-refractivity contribution in [3.63, 3.8) is 0 Å². The quantitative estimate of drug-likeness (QED) is 0.431. The number of aliphatic hydroxyl groups excluding tert-OH is 1. The van der Waals surface area contributed by atoms with Gasteiger partial charge in [0.25, 0.3) is 0 Å². The first-order chi connectivity index (χ1) is 15.7. The first-order valence-electron chi connectivity index (χ1n) is 11.0.